The van der Waals surface area contributed by atoms with Gasteiger partial charge in [0.25, 0.3) is 0 Å². The number of fused-ring (bicyclic) bond motifs is 1. The van der Waals surface area contributed by atoms with Gasteiger partial charge in [0.05, 0.1) is 10.6 Å². The summed E-state index contributed by atoms with van der Waals surface area (Å²) in [6, 6.07) is 9.49. The summed E-state index contributed by atoms with van der Waals surface area (Å²) in [5.74, 6) is -0.390. The van der Waals surface area contributed by atoms with Crippen LogP contribution in [0, 0.1) is 11.8 Å². The second-order valence-corrected chi connectivity index (χ2v) is 10.7. The van der Waals surface area contributed by atoms with E-state index in [2.05, 4.69) is 17.0 Å². The molecule has 1 aliphatic carbocycles. The van der Waals surface area contributed by atoms with E-state index in [4.69, 9.17) is 0 Å². The normalized spacial score (nSPS) is 18.3. The molecule has 0 bridgehead atoms. The highest BCUT2D eigenvalue weighted by atomic mass is 32.1. The summed E-state index contributed by atoms with van der Waals surface area (Å²) < 4.78 is 3.52. The van der Waals surface area contributed by atoms with E-state index in [0.717, 1.165) is 46.9 Å². The zero-order valence-electron chi connectivity index (χ0n) is 20.1. The molecule has 1 N–H and O–H groups in total. The Bertz CT molecular complexity index is 1340. The van der Waals surface area contributed by atoms with Gasteiger partial charge in [-0.15, -0.1) is 16.4 Å². The van der Waals surface area contributed by atoms with Gasteiger partial charge in [-0.3, -0.25) is 9.69 Å². The number of aromatic carboxylic acids is 1. The number of pyridine rings is 1. The van der Waals surface area contributed by atoms with E-state index in [1.807, 2.05) is 61.0 Å². The fourth-order valence-electron chi connectivity index (χ4n) is 4.76. The molecule has 4 aromatic heterocycles. The quantitative estimate of drug-likeness (QED) is 0.384. The molecule has 0 radical (unpaired) electrons. The van der Waals surface area contributed by atoms with Crippen LogP contribution in [0.1, 0.15) is 56.8 Å². The zero-order valence-corrected chi connectivity index (χ0v) is 20.9. The van der Waals surface area contributed by atoms with Gasteiger partial charge >= 0.3 is 5.97 Å². The molecule has 0 aromatic carbocycles. The van der Waals surface area contributed by atoms with Gasteiger partial charge in [0.15, 0.2) is 5.82 Å². The number of hydrogen-bond donors (Lipinski definition) is 1. The highest BCUT2D eigenvalue weighted by Gasteiger charge is 2.34. The highest BCUT2D eigenvalue weighted by molar-refractivity contribution is 7.17. The van der Waals surface area contributed by atoms with Gasteiger partial charge in [-0.1, -0.05) is 13.0 Å². The summed E-state index contributed by atoms with van der Waals surface area (Å²) in [6.45, 7) is 6.02. The second-order valence-electron chi connectivity index (χ2n) is 9.61. The Kier molecular flexibility index (Phi) is 6.19. The molecule has 5 rings (SSSR count). The van der Waals surface area contributed by atoms with E-state index in [1.54, 1.807) is 9.58 Å². The number of carboxylic acid groups (broad SMARTS) is 1. The van der Waals surface area contributed by atoms with E-state index in [-0.39, 0.29) is 29.2 Å². The van der Waals surface area contributed by atoms with Crippen LogP contribution in [0.2, 0.25) is 0 Å². The second kappa shape index (κ2) is 9.30. The van der Waals surface area contributed by atoms with Crippen LogP contribution in [0.25, 0.3) is 21.2 Å². The minimum Gasteiger partial charge on any atom is -0.477 e. The molecule has 0 aliphatic heterocycles. The zero-order chi connectivity index (χ0) is 24.7. The van der Waals surface area contributed by atoms with E-state index in [1.165, 1.54) is 17.5 Å². The van der Waals surface area contributed by atoms with Gasteiger partial charge in [-0.05, 0) is 69.7 Å². The third kappa shape index (κ3) is 4.48. The fourth-order valence-corrected chi connectivity index (χ4v) is 5.64. The maximum Gasteiger partial charge on any atom is 0.341 e. The predicted molar refractivity (Wildman–Crippen MR) is 136 cm³/mol. The van der Waals surface area contributed by atoms with Crippen LogP contribution in [0.5, 0.6) is 0 Å². The number of nitrogens with zero attached hydrogens (tertiary/aromatic N) is 5. The van der Waals surface area contributed by atoms with Crippen LogP contribution in [0.4, 0.5) is 5.82 Å². The number of anilines is 1. The van der Waals surface area contributed by atoms with Gasteiger partial charge in [-0.2, -0.15) is 0 Å². The molecule has 1 aliphatic rings. The van der Waals surface area contributed by atoms with Crippen molar-refractivity contribution in [2.24, 2.45) is 11.8 Å². The molecule has 0 atom stereocenters. The monoisotopic (exact) mass is 491 g/mol. The number of amides is 1. The topological polar surface area (TPSA) is 92.7 Å². The lowest BCUT2D eigenvalue weighted by molar-refractivity contribution is -0.123. The summed E-state index contributed by atoms with van der Waals surface area (Å²) in [5.41, 5.74) is 1.72. The smallest absolute Gasteiger partial charge is 0.341 e. The molecule has 9 heteroatoms. The van der Waals surface area contributed by atoms with Crippen molar-refractivity contribution in [2.75, 3.05) is 4.90 Å². The molecule has 1 saturated carbocycles. The van der Waals surface area contributed by atoms with Crippen LogP contribution in [-0.4, -0.2) is 42.2 Å². The summed E-state index contributed by atoms with van der Waals surface area (Å²) in [5, 5.41) is 15.3. The van der Waals surface area contributed by atoms with E-state index in [0.29, 0.717) is 5.92 Å². The van der Waals surface area contributed by atoms with Crippen LogP contribution in [0.15, 0.2) is 48.9 Å². The summed E-state index contributed by atoms with van der Waals surface area (Å²) in [7, 11) is 0. The van der Waals surface area contributed by atoms with Gasteiger partial charge in [0.2, 0.25) is 5.91 Å². The standard InChI is InChI=1S/C26H29N5O3S/c1-16(2)31(25(32)18-9-7-17(3)8-10-18)24-19(26(33)34)14-30(28-24)23-12-11-21(35-23)20-15-29-13-5-4-6-22(29)27-20/h4-6,11-18H,7-10H2,1-3H3,(H,33,34). The number of carbonyl (C=O) groups is 2. The molecule has 1 fully saturated rings. The Labute approximate surface area is 207 Å². The van der Waals surface area contributed by atoms with Crippen molar-refractivity contribution in [1.82, 2.24) is 19.2 Å². The molecule has 8 nitrogen and oxygen atoms in total. The number of aromatic nitrogens is 4. The molecule has 0 saturated heterocycles. The Morgan fingerprint density at radius 3 is 2.57 bits per heavy atom. The molecule has 0 spiro atoms. The molecule has 182 valence electrons. The highest BCUT2D eigenvalue weighted by Crippen LogP contribution is 2.34. The average Bonchev–Trinajstić information content (AvgIpc) is 3.57. The maximum absolute atomic E-state index is 13.5. The Hall–Kier alpha value is -3.46. The van der Waals surface area contributed by atoms with Crippen molar-refractivity contribution >= 4 is 34.7 Å². The number of carbonyl (C=O) groups excluding carboxylic acids is 1. The van der Waals surface area contributed by atoms with Crippen molar-refractivity contribution in [2.45, 2.75) is 52.5 Å². The van der Waals surface area contributed by atoms with Crippen LogP contribution >= 0.6 is 11.3 Å². The van der Waals surface area contributed by atoms with Crippen molar-refractivity contribution in [1.29, 1.82) is 0 Å². The van der Waals surface area contributed by atoms with Crippen LogP contribution < -0.4 is 4.90 Å². The molecule has 35 heavy (non-hydrogen) atoms. The SMILES string of the molecule is CC1CCC(C(=O)N(c2nn(-c3ccc(-c4cn5ccccc5n4)s3)cc2C(=O)O)C(C)C)CC1. The minimum absolute atomic E-state index is 0.0268. The maximum atomic E-state index is 13.5. The first-order valence-electron chi connectivity index (χ1n) is 12.0. The van der Waals surface area contributed by atoms with Crippen LogP contribution in [-0.2, 0) is 4.79 Å². The van der Waals surface area contributed by atoms with Crippen LogP contribution in [0.3, 0.4) is 0 Å². The number of rotatable bonds is 6. The lowest BCUT2D eigenvalue weighted by Gasteiger charge is -2.32. The molecule has 1 amide bonds. The third-order valence-electron chi connectivity index (χ3n) is 6.71. The molecule has 4 heterocycles. The largest absolute Gasteiger partial charge is 0.477 e. The first-order valence-corrected chi connectivity index (χ1v) is 12.8. The number of hydrogen-bond acceptors (Lipinski definition) is 5. The van der Waals surface area contributed by atoms with Gasteiger partial charge < -0.3 is 9.51 Å². The number of imidazole rings is 1. The van der Waals surface area contributed by atoms with Crippen molar-refractivity contribution in [3.63, 3.8) is 0 Å². The Balaban J connectivity index is 1.48. The third-order valence-corrected chi connectivity index (χ3v) is 7.80. The summed E-state index contributed by atoms with van der Waals surface area (Å²) in [6.07, 6.45) is 9.12. The van der Waals surface area contributed by atoms with E-state index in [9.17, 15) is 14.7 Å². The lowest BCUT2D eigenvalue weighted by Crippen LogP contribution is -2.43. The average molecular weight is 492 g/mol. The molecule has 0 unspecified atom stereocenters. The van der Waals surface area contributed by atoms with Crippen molar-refractivity contribution < 1.29 is 14.7 Å². The molecular formula is C26H29N5O3S. The molecular weight excluding hydrogens is 462 g/mol. The number of thiophene rings is 1. The lowest BCUT2D eigenvalue weighted by atomic mass is 9.82. The first-order chi connectivity index (χ1) is 16.8. The predicted octanol–water partition coefficient (Wildman–Crippen LogP) is 5.51. The molecule has 4 aromatic rings. The Morgan fingerprint density at radius 1 is 1.11 bits per heavy atom. The van der Waals surface area contributed by atoms with E-state index < -0.39 is 5.97 Å². The first kappa shape index (κ1) is 23.3. The Morgan fingerprint density at radius 2 is 1.89 bits per heavy atom. The van der Waals surface area contributed by atoms with Crippen molar-refractivity contribution in [3.05, 3.63) is 54.5 Å². The van der Waals surface area contributed by atoms with Gasteiger partial charge in [0, 0.05) is 30.6 Å². The summed E-state index contributed by atoms with van der Waals surface area (Å²) in [4.78, 5) is 32.9. The van der Waals surface area contributed by atoms with E-state index >= 15 is 0 Å². The van der Waals surface area contributed by atoms with Gasteiger partial charge in [0.1, 0.15) is 16.2 Å². The minimum atomic E-state index is -1.10. The van der Waals surface area contributed by atoms with Crippen molar-refractivity contribution in [3.8, 4) is 15.6 Å². The summed E-state index contributed by atoms with van der Waals surface area (Å²) >= 11 is 1.47. The van der Waals surface area contributed by atoms with Gasteiger partial charge in [-0.25, -0.2) is 14.5 Å². The fraction of sp³-hybridized carbons (Fsp3) is 0.385. The number of carboxylic acids is 1.